The van der Waals surface area contributed by atoms with Crippen LogP contribution in [0.4, 0.5) is 10.7 Å². The van der Waals surface area contributed by atoms with Crippen LogP contribution >= 0.6 is 0 Å². The Bertz CT molecular complexity index is 420. The molecule has 0 aromatic carbocycles. The van der Waals surface area contributed by atoms with Crippen molar-refractivity contribution in [3.8, 4) is 0 Å². The number of amides is 1. The first-order valence-electron chi connectivity index (χ1n) is 5.64. The number of ether oxygens (including phenoxy) is 1. The number of nitrogens with one attached hydrogen (secondary N) is 2. The van der Waals surface area contributed by atoms with Crippen molar-refractivity contribution in [3.05, 3.63) is 11.3 Å². The monoisotopic (exact) mass is 239 g/mol. The van der Waals surface area contributed by atoms with Gasteiger partial charge in [-0.05, 0) is 20.8 Å². The predicted octanol–water partition coefficient (Wildman–Crippen LogP) is 1.67. The molecule has 2 heterocycles. The highest BCUT2D eigenvalue weighted by molar-refractivity contribution is 5.84. The lowest BCUT2D eigenvalue weighted by atomic mass is 10.1. The third-order valence-corrected chi connectivity index (χ3v) is 2.32. The molecule has 1 aromatic rings. The van der Waals surface area contributed by atoms with E-state index >= 15 is 0 Å². The van der Waals surface area contributed by atoms with Gasteiger partial charge in [0.15, 0.2) is 0 Å². The predicted molar refractivity (Wildman–Crippen MR) is 61.8 cm³/mol. The lowest BCUT2D eigenvalue weighted by Crippen LogP contribution is -2.28. The molecule has 0 saturated carbocycles. The van der Waals surface area contributed by atoms with Crippen molar-refractivity contribution in [2.75, 3.05) is 11.9 Å². The van der Waals surface area contributed by atoms with Gasteiger partial charge in [0.25, 0.3) is 0 Å². The number of carbonyl (C=O) groups is 1. The highest BCUT2D eigenvalue weighted by Gasteiger charge is 2.23. The van der Waals surface area contributed by atoms with E-state index in [1.54, 1.807) is 0 Å². The molecule has 0 spiro atoms. The summed E-state index contributed by atoms with van der Waals surface area (Å²) >= 11 is 0. The molecular formula is C11H17N3O3. The molecule has 0 radical (unpaired) electrons. The van der Waals surface area contributed by atoms with Gasteiger partial charge in [-0.25, -0.2) is 4.79 Å². The van der Waals surface area contributed by atoms with Gasteiger partial charge in [0, 0.05) is 19.5 Å². The summed E-state index contributed by atoms with van der Waals surface area (Å²) in [6.45, 7) is 6.97. The Kier molecular flexibility index (Phi) is 3.06. The van der Waals surface area contributed by atoms with Crippen molar-refractivity contribution in [1.82, 2.24) is 10.5 Å². The van der Waals surface area contributed by atoms with E-state index in [0.717, 1.165) is 24.2 Å². The average Bonchev–Trinajstić information content (AvgIpc) is 2.59. The van der Waals surface area contributed by atoms with Crippen LogP contribution in [0.2, 0.25) is 0 Å². The SMILES string of the molecule is CC(C)(C)OC(=O)Nc1onc2c1CNCC2. The third-order valence-electron chi connectivity index (χ3n) is 2.32. The number of fused-ring (bicyclic) bond motifs is 1. The van der Waals surface area contributed by atoms with Crippen LogP contribution in [0.25, 0.3) is 0 Å². The van der Waals surface area contributed by atoms with E-state index in [9.17, 15) is 4.79 Å². The maximum absolute atomic E-state index is 11.6. The molecular weight excluding hydrogens is 222 g/mol. The lowest BCUT2D eigenvalue weighted by molar-refractivity contribution is 0.0631. The first-order valence-corrected chi connectivity index (χ1v) is 5.64. The summed E-state index contributed by atoms with van der Waals surface area (Å²) in [5.41, 5.74) is 1.28. The molecule has 1 aliphatic heterocycles. The summed E-state index contributed by atoms with van der Waals surface area (Å²) in [7, 11) is 0. The largest absolute Gasteiger partial charge is 0.444 e. The van der Waals surface area contributed by atoms with Crippen LogP contribution in [0.15, 0.2) is 4.52 Å². The maximum atomic E-state index is 11.6. The van der Waals surface area contributed by atoms with E-state index in [4.69, 9.17) is 9.26 Å². The topological polar surface area (TPSA) is 76.4 Å². The number of aromatic nitrogens is 1. The Morgan fingerprint density at radius 2 is 2.29 bits per heavy atom. The van der Waals surface area contributed by atoms with E-state index < -0.39 is 11.7 Å². The molecule has 94 valence electrons. The molecule has 1 aromatic heterocycles. The molecule has 0 bridgehead atoms. The van der Waals surface area contributed by atoms with E-state index in [-0.39, 0.29) is 0 Å². The van der Waals surface area contributed by atoms with Gasteiger partial charge < -0.3 is 14.6 Å². The highest BCUT2D eigenvalue weighted by atomic mass is 16.6. The number of hydrogen-bond acceptors (Lipinski definition) is 5. The minimum absolute atomic E-state index is 0.376. The van der Waals surface area contributed by atoms with Gasteiger partial charge in [0.2, 0.25) is 5.88 Å². The minimum Gasteiger partial charge on any atom is -0.444 e. The van der Waals surface area contributed by atoms with Crippen molar-refractivity contribution >= 4 is 12.0 Å². The second-order valence-corrected chi connectivity index (χ2v) is 4.99. The van der Waals surface area contributed by atoms with E-state index in [1.807, 2.05) is 20.8 Å². The second kappa shape index (κ2) is 4.37. The Hall–Kier alpha value is -1.56. The van der Waals surface area contributed by atoms with Crippen LogP contribution in [0.1, 0.15) is 32.0 Å². The van der Waals surface area contributed by atoms with E-state index in [0.29, 0.717) is 12.4 Å². The van der Waals surface area contributed by atoms with Crippen molar-refractivity contribution in [2.45, 2.75) is 39.3 Å². The average molecular weight is 239 g/mol. The van der Waals surface area contributed by atoms with Gasteiger partial charge in [-0.1, -0.05) is 5.16 Å². The molecule has 6 heteroatoms. The molecule has 0 atom stereocenters. The normalized spacial score (nSPS) is 15.2. The zero-order chi connectivity index (χ0) is 12.5. The van der Waals surface area contributed by atoms with Crippen LogP contribution in [0, 0.1) is 0 Å². The van der Waals surface area contributed by atoms with Gasteiger partial charge in [-0.15, -0.1) is 0 Å². The standard InChI is InChI=1S/C11H17N3O3/c1-11(2,3)16-10(15)13-9-7-6-12-5-4-8(7)14-17-9/h12H,4-6H2,1-3H3,(H,13,15). The minimum atomic E-state index is -0.526. The number of hydrogen-bond donors (Lipinski definition) is 2. The maximum Gasteiger partial charge on any atom is 0.414 e. The van der Waals surface area contributed by atoms with Crippen molar-refractivity contribution < 1.29 is 14.1 Å². The third kappa shape index (κ3) is 2.97. The highest BCUT2D eigenvalue weighted by Crippen LogP contribution is 2.23. The second-order valence-electron chi connectivity index (χ2n) is 4.99. The molecule has 2 N–H and O–H groups in total. The summed E-state index contributed by atoms with van der Waals surface area (Å²) in [6.07, 6.45) is 0.288. The smallest absolute Gasteiger partial charge is 0.414 e. The van der Waals surface area contributed by atoms with Crippen LogP contribution in [0.5, 0.6) is 0 Å². The van der Waals surface area contributed by atoms with Gasteiger partial charge in [-0.2, -0.15) is 0 Å². The van der Waals surface area contributed by atoms with Crippen LogP contribution < -0.4 is 10.6 Å². The molecule has 17 heavy (non-hydrogen) atoms. The Morgan fingerprint density at radius 1 is 1.53 bits per heavy atom. The summed E-state index contributed by atoms with van der Waals surface area (Å²) in [5.74, 6) is 0.376. The molecule has 0 saturated heterocycles. The first kappa shape index (κ1) is 11.9. The van der Waals surface area contributed by atoms with Gasteiger partial charge in [0.1, 0.15) is 5.60 Å². The molecule has 0 fully saturated rings. The molecule has 0 unspecified atom stereocenters. The summed E-state index contributed by atoms with van der Waals surface area (Å²) in [4.78, 5) is 11.6. The lowest BCUT2D eigenvalue weighted by Gasteiger charge is -2.19. The molecule has 0 aliphatic carbocycles. The molecule has 1 aliphatic rings. The van der Waals surface area contributed by atoms with Crippen LogP contribution in [0.3, 0.4) is 0 Å². The fourth-order valence-electron chi connectivity index (χ4n) is 1.64. The van der Waals surface area contributed by atoms with Crippen molar-refractivity contribution in [3.63, 3.8) is 0 Å². The molecule has 6 nitrogen and oxygen atoms in total. The van der Waals surface area contributed by atoms with E-state index in [1.165, 1.54) is 0 Å². The Labute approximate surface area is 99.7 Å². The first-order chi connectivity index (χ1) is 7.96. The quantitative estimate of drug-likeness (QED) is 0.779. The number of anilines is 1. The number of rotatable bonds is 1. The van der Waals surface area contributed by atoms with Gasteiger partial charge in [0.05, 0.1) is 11.3 Å². The fourth-order valence-corrected chi connectivity index (χ4v) is 1.64. The van der Waals surface area contributed by atoms with Crippen molar-refractivity contribution in [1.29, 1.82) is 0 Å². The van der Waals surface area contributed by atoms with Crippen LogP contribution in [-0.4, -0.2) is 23.4 Å². The zero-order valence-electron chi connectivity index (χ0n) is 10.3. The molecule has 1 amide bonds. The Morgan fingerprint density at radius 3 is 3.00 bits per heavy atom. The number of nitrogens with zero attached hydrogens (tertiary/aromatic N) is 1. The fraction of sp³-hybridized carbons (Fsp3) is 0.636. The Balaban J connectivity index is 2.04. The van der Waals surface area contributed by atoms with E-state index in [2.05, 4.69) is 15.8 Å². The van der Waals surface area contributed by atoms with Crippen molar-refractivity contribution in [2.24, 2.45) is 0 Å². The van der Waals surface area contributed by atoms with Gasteiger partial charge in [-0.3, -0.25) is 5.32 Å². The van der Waals surface area contributed by atoms with Gasteiger partial charge >= 0.3 is 6.09 Å². The zero-order valence-corrected chi connectivity index (χ0v) is 10.3. The molecule has 2 rings (SSSR count). The summed E-state index contributed by atoms with van der Waals surface area (Å²) in [5, 5.41) is 9.69. The number of carbonyl (C=O) groups excluding carboxylic acids is 1. The summed E-state index contributed by atoms with van der Waals surface area (Å²) in [6, 6.07) is 0. The summed E-state index contributed by atoms with van der Waals surface area (Å²) < 4.78 is 10.2. The van der Waals surface area contributed by atoms with Crippen LogP contribution in [-0.2, 0) is 17.7 Å².